The van der Waals surface area contributed by atoms with Gasteiger partial charge in [-0.05, 0) is 61.1 Å². The third kappa shape index (κ3) is 4.10. The molecule has 0 saturated carbocycles. The first-order valence-corrected chi connectivity index (χ1v) is 12.8. The standard InChI is InChI=1S/C29H24N2O4S/c1-4-17-5-12-24-22(13-17)16(2)27(34-24)29(32)33-19-8-11-21-25(14-19)35-28(31)23(15-30)26(21)18-6-9-20(36-3)10-7-18/h5-14,26H,4,31H2,1-3H3. The van der Waals surface area contributed by atoms with Crippen LogP contribution >= 0.6 is 11.8 Å². The summed E-state index contributed by atoms with van der Waals surface area (Å²) in [5, 5.41) is 10.7. The van der Waals surface area contributed by atoms with Gasteiger partial charge in [0.2, 0.25) is 11.6 Å². The van der Waals surface area contributed by atoms with Gasteiger partial charge in [-0.3, -0.25) is 0 Å². The van der Waals surface area contributed by atoms with E-state index in [1.54, 1.807) is 30.0 Å². The van der Waals surface area contributed by atoms with Crippen molar-refractivity contribution < 1.29 is 18.7 Å². The number of carbonyl (C=O) groups is 1. The molecule has 36 heavy (non-hydrogen) atoms. The molecule has 1 aliphatic heterocycles. The molecule has 7 heteroatoms. The molecule has 0 amide bonds. The Morgan fingerprint density at radius 2 is 1.92 bits per heavy atom. The zero-order chi connectivity index (χ0) is 25.4. The van der Waals surface area contributed by atoms with Crippen molar-refractivity contribution in [3.63, 3.8) is 0 Å². The summed E-state index contributed by atoms with van der Waals surface area (Å²) in [7, 11) is 0. The van der Waals surface area contributed by atoms with E-state index in [1.165, 1.54) is 0 Å². The van der Waals surface area contributed by atoms with E-state index in [-0.39, 0.29) is 23.3 Å². The van der Waals surface area contributed by atoms with E-state index >= 15 is 0 Å². The fourth-order valence-corrected chi connectivity index (χ4v) is 4.88. The van der Waals surface area contributed by atoms with Gasteiger partial charge in [-0.1, -0.05) is 31.2 Å². The van der Waals surface area contributed by atoms with Gasteiger partial charge in [-0.2, -0.15) is 5.26 Å². The SMILES string of the molecule is CCc1ccc2oc(C(=O)Oc3ccc4c(c3)OC(N)=C(C#N)C4c3ccc(SC)cc3)c(C)c2c1. The largest absolute Gasteiger partial charge is 0.449 e. The molecule has 2 N–H and O–H groups in total. The number of fused-ring (bicyclic) bond motifs is 2. The number of nitrogens with two attached hydrogens (primary N) is 1. The monoisotopic (exact) mass is 496 g/mol. The van der Waals surface area contributed by atoms with Crippen LogP contribution in [0.2, 0.25) is 0 Å². The number of nitrogens with zero attached hydrogens (tertiary/aromatic N) is 1. The molecular weight excluding hydrogens is 472 g/mol. The predicted molar refractivity (Wildman–Crippen MR) is 139 cm³/mol. The van der Waals surface area contributed by atoms with Gasteiger partial charge in [0.15, 0.2) is 0 Å². The van der Waals surface area contributed by atoms with Gasteiger partial charge >= 0.3 is 5.97 Å². The minimum atomic E-state index is -0.594. The molecule has 4 aromatic rings. The van der Waals surface area contributed by atoms with Crippen LogP contribution in [-0.2, 0) is 6.42 Å². The lowest BCUT2D eigenvalue weighted by Crippen LogP contribution is -2.21. The Kier molecular flexibility index (Phi) is 6.21. The van der Waals surface area contributed by atoms with Gasteiger partial charge in [-0.15, -0.1) is 11.8 Å². The van der Waals surface area contributed by atoms with Crippen molar-refractivity contribution in [2.45, 2.75) is 31.1 Å². The lowest BCUT2D eigenvalue weighted by molar-refractivity contribution is 0.0702. The number of aryl methyl sites for hydroxylation is 2. The fraction of sp³-hybridized carbons (Fsp3) is 0.172. The highest BCUT2D eigenvalue weighted by atomic mass is 32.2. The zero-order valence-electron chi connectivity index (χ0n) is 20.1. The third-order valence-electron chi connectivity index (χ3n) is 6.44. The predicted octanol–water partition coefficient (Wildman–Crippen LogP) is 6.46. The van der Waals surface area contributed by atoms with Crippen LogP contribution in [-0.4, -0.2) is 12.2 Å². The first-order chi connectivity index (χ1) is 17.4. The maximum absolute atomic E-state index is 13.0. The van der Waals surface area contributed by atoms with Gasteiger partial charge in [-0.25, -0.2) is 4.79 Å². The van der Waals surface area contributed by atoms with Crippen molar-refractivity contribution in [3.05, 3.63) is 100 Å². The Morgan fingerprint density at radius 3 is 2.61 bits per heavy atom. The molecule has 6 nitrogen and oxygen atoms in total. The van der Waals surface area contributed by atoms with Gasteiger partial charge in [0.25, 0.3) is 0 Å². The number of benzene rings is 3. The van der Waals surface area contributed by atoms with Gasteiger partial charge in [0, 0.05) is 27.5 Å². The van der Waals surface area contributed by atoms with Crippen LogP contribution in [0, 0.1) is 18.3 Å². The lowest BCUT2D eigenvalue weighted by Gasteiger charge is -2.26. The molecule has 5 rings (SSSR count). The van der Waals surface area contributed by atoms with Gasteiger partial charge in [0.1, 0.15) is 28.7 Å². The number of ether oxygens (including phenoxy) is 2. The topological polar surface area (TPSA) is 98.5 Å². The molecule has 180 valence electrons. The Labute approximate surface area is 213 Å². The van der Waals surface area contributed by atoms with E-state index in [0.717, 1.165) is 39.0 Å². The zero-order valence-corrected chi connectivity index (χ0v) is 20.9. The van der Waals surface area contributed by atoms with Crippen molar-refractivity contribution in [1.82, 2.24) is 0 Å². The summed E-state index contributed by atoms with van der Waals surface area (Å²) in [4.78, 5) is 14.1. The summed E-state index contributed by atoms with van der Waals surface area (Å²) in [5.74, 6) is -0.0583. The van der Waals surface area contributed by atoms with E-state index in [2.05, 4.69) is 13.0 Å². The van der Waals surface area contributed by atoms with Crippen LogP contribution in [0.25, 0.3) is 11.0 Å². The Balaban J connectivity index is 1.47. The normalized spacial score (nSPS) is 14.8. The van der Waals surface area contributed by atoms with Crippen molar-refractivity contribution in [2.24, 2.45) is 5.73 Å². The second-order valence-corrected chi connectivity index (χ2v) is 9.41. The number of allylic oxidation sites excluding steroid dienone is 1. The number of hydrogen-bond acceptors (Lipinski definition) is 7. The van der Waals surface area contributed by atoms with Gasteiger partial charge < -0.3 is 19.6 Å². The number of rotatable bonds is 5. The van der Waals surface area contributed by atoms with Crippen LogP contribution < -0.4 is 15.2 Å². The molecule has 1 unspecified atom stereocenters. The highest BCUT2D eigenvalue weighted by Crippen LogP contribution is 2.43. The minimum absolute atomic E-state index is 0.0345. The van der Waals surface area contributed by atoms with E-state index < -0.39 is 5.97 Å². The Bertz CT molecular complexity index is 1560. The van der Waals surface area contributed by atoms with Crippen molar-refractivity contribution in [3.8, 4) is 17.6 Å². The highest BCUT2D eigenvalue weighted by Gasteiger charge is 2.31. The van der Waals surface area contributed by atoms with Crippen LogP contribution in [0.1, 0.15) is 45.7 Å². The number of nitriles is 1. The van der Waals surface area contributed by atoms with E-state index in [0.29, 0.717) is 16.9 Å². The van der Waals surface area contributed by atoms with Crippen molar-refractivity contribution in [1.29, 1.82) is 5.26 Å². The Morgan fingerprint density at radius 1 is 1.14 bits per heavy atom. The smallest absolute Gasteiger partial charge is 0.379 e. The maximum Gasteiger partial charge on any atom is 0.379 e. The fourth-order valence-electron chi connectivity index (χ4n) is 4.47. The number of carbonyl (C=O) groups excluding carboxylic acids is 1. The first kappa shape index (κ1) is 23.6. The van der Waals surface area contributed by atoms with Crippen molar-refractivity contribution >= 4 is 28.7 Å². The molecule has 3 aromatic carbocycles. The van der Waals surface area contributed by atoms with Crippen LogP contribution in [0.15, 0.2) is 81.4 Å². The van der Waals surface area contributed by atoms with Crippen LogP contribution in [0.3, 0.4) is 0 Å². The van der Waals surface area contributed by atoms with Crippen molar-refractivity contribution in [2.75, 3.05) is 6.26 Å². The summed E-state index contributed by atoms with van der Waals surface area (Å²) >= 11 is 1.64. The molecule has 0 fully saturated rings. The minimum Gasteiger partial charge on any atom is -0.449 e. The average molecular weight is 497 g/mol. The molecule has 0 spiro atoms. The highest BCUT2D eigenvalue weighted by molar-refractivity contribution is 7.98. The number of thioether (sulfide) groups is 1. The van der Waals surface area contributed by atoms with Gasteiger partial charge in [0.05, 0.1) is 5.92 Å². The summed E-state index contributed by atoms with van der Waals surface area (Å²) in [6.07, 6.45) is 2.90. The number of furan rings is 1. The van der Waals surface area contributed by atoms with Crippen LogP contribution in [0.4, 0.5) is 0 Å². The molecule has 1 atom stereocenters. The maximum atomic E-state index is 13.0. The third-order valence-corrected chi connectivity index (χ3v) is 7.19. The van der Waals surface area contributed by atoms with E-state index in [1.807, 2.05) is 55.6 Å². The lowest BCUT2D eigenvalue weighted by atomic mass is 9.83. The Hall–Kier alpha value is -4.15. The molecule has 2 heterocycles. The van der Waals surface area contributed by atoms with E-state index in [9.17, 15) is 10.1 Å². The van der Waals surface area contributed by atoms with E-state index in [4.69, 9.17) is 19.6 Å². The number of esters is 1. The quantitative estimate of drug-likeness (QED) is 0.192. The number of hydrogen-bond donors (Lipinski definition) is 1. The molecular formula is C29H24N2O4S. The molecule has 1 aliphatic rings. The molecule has 1 aromatic heterocycles. The first-order valence-electron chi connectivity index (χ1n) is 11.5. The second kappa shape index (κ2) is 9.48. The molecule has 0 saturated heterocycles. The molecule has 0 radical (unpaired) electrons. The average Bonchev–Trinajstić information content (AvgIpc) is 3.23. The van der Waals surface area contributed by atoms with Crippen LogP contribution in [0.5, 0.6) is 11.5 Å². The molecule has 0 aliphatic carbocycles. The summed E-state index contributed by atoms with van der Waals surface area (Å²) in [6, 6.07) is 21.2. The summed E-state index contributed by atoms with van der Waals surface area (Å²) in [6.45, 7) is 3.93. The second-order valence-electron chi connectivity index (χ2n) is 8.53. The molecule has 0 bridgehead atoms. The summed E-state index contributed by atoms with van der Waals surface area (Å²) in [5.41, 5.74) is 10.7. The summed E-state index contributed by atoms with van der Waals surface area (Å²) < 4.78 is 17.2.